The Hall–Kier alpha value is -0.747. The second-order valence-electron chi connectivity index (χ2n) is 12.8. The zero-order valence-electron chi connectivity index (χ0n) is 25.2. The molecule has 0 atom stereocenters. The number of halogens is 2. The van der Waals surface area contributed by atoms with Crippen molar-refractivity contribution in [3.8, 4) is 11.1 Å². The molecule has 3 aromatic carbocycles. The second kappa shape index (κ2) is 15.1. The summed E-state index contributed by atoms with van der Waals surface area (Å²) in [5.74, 6) is 0. The molecule has 0 aliphatic heterocycles. The molecule has 4 rings (SSSR count). The Labute approximate surface area is 260 Å². The summed E-state index contributed by atoms with van der Waals surface area (Å²) in [6.07, 6.45) is 3.03. The van der Waals surface area contributed by atoms with Gasteiger partial charge in [-0.2, -0.15) is 66.4 Å². The van der Waals surface area contributed by atoms with Gasteiger partial charge in [0.15, 0.2) is 0 Å². The molecule has 0 aromatic heterocycles. The third-order valence-corrected chi connectivity index (χ3v) is 6.30. The van der Waals surface area contributed by atoms with Crippen LogP contribution in [-0.2, 0) is 48.9 Å². The molecule has 0 spiro atoms. The minimum atomic E-state index is 0. The summed E-state index contributed by atoms with van der Waals surface area (Å²) < 4.78 is 0. The van der Waals surface area contributed by atoms with E-state index in [2.05, 4.69) is 124 Å². The molecule has 0 nitrogen and oxygen atoms in total. The first-order valence-electron chi connectivity index (χ1n) is 12.7. The summed E-state index contributed by atoms with van der Waals surface area (Å²) in [5, 5.41) is 0. The fourth-order valence-corrected chi connectivity index (χ4v) is 4.01. The van der Waals surface area contributed by atoms with Gasteiger partial charge in [0.1, 0.15) is 0 Å². The molecule has 0 saturated heterocycles. The topological polar surface area (TPSA) is 0 Å². The molecule has 0 bridgehead atoms. The summed E-state index contributed by atoms with van der Waals surface area (Å²) in [5.41, 5.74) is 11.9. The summed E-state index contributed by atoms with van der Waals surface area (Å²) in [6, 6.07) is 21.7. The molecule has 0 N–H and O–H groups in total. The van der Waals surface area contributed by atoms with Gasteiger partial charge in [0, 0.05) is 0 Å². The zero-order valence-corrected chi connectivity index (χ0v) is 29.1. The van der Waals surface area contributed by atoms with Crippen LogP contribution in [0.15, 0.2) is 48.5 Å². The quantitative estimate of drug-likeness (QED) is 0.263. The predicted molar refractivity (Wildman–Crippen MR) is 152 cm³/mol. The van der Waals surface area contributed by atoms with Gasteiger partial charge in [-0.1, -0.05) is 109 Å². The molecule has 0 heterocycles. The molecule has 0 unspecified atom stereocenters. The zero-order chi connectivity index (χ0) is 25.9. The number of aryl methyl sites for hydroxylation is 1. The van der Waals surface area contributed by atoms with Crippen LogP contribution in [0.4, 0.5) is 0 Å². The van der Waals surface area contributed by atoms with E-state index in [0.29, 0.717) is 5.41 Å². The third-order valence-electron chi connectivity index (χ3n) is 6.30. The van der Waals surface area contributed by atoms with Crippen molar-refractivity contribution >= 4 is 0 Å². The van der Waals surface area contributed by atoms with Crippen molar-refractivity contribution in [1.29, 1.82) is 0 Å². The molecule has 37 heavy (non-hydrogen) atoms. The van der Waals surface area contributed by atoms with Gasteiger partial charge in [-0.15, -0.1) is 5.56 Å². The summed E-state index contributed by atoms with van der Waals surface area (Å²) in [4.78, 5) is 0. The van der Waals surface area contributed by atoms with Gasteiger partial charge >= 0.3 is 26.2 Å². The van der Waals surface area contributed by atoms with Crippen molar-refractivity contribution in [2.45, 2.75) is 106 Å². The van der Waals surface area contributed by atoms with Gasteiger partial charge in [0.25, 0.3) is 0 Å². The maximum atomic E-state index is 3.53. The number of hydrogen-bond donors (Lipinski definition) is 0. The summed E-state index contributed by atoms with van der Waals surface area (Å²) >= 11 is 0. The van der Waals surface area contributed by atoms with Crippen LogP contribution >= 0.6 is 0 Å². The van der Waals surface area contributed by atoms with Crippen molar-refractivity contribution in [1.82, 2.24) is 0 Å². The SMILES string of the molecule is CC(C)(C)c1c[c-]c2c(c1)-c1cc(C(C)(C)C)ccc1C2.C[CH-]C.Cc1cc(C(C)(C)C)c[cH-]1.[Cl-].[Cl-].[Zr+2]. The average Bonchev–Trinajstić information content (AvgIpc) is 3.30. The first-order chi connectivity index (χ1) is 15.6. The molecule has 0 amide bonds. The van der Waals surface area contributed by atoms with Gasteiger partial charge < -0.3 is 31.2 Å². The van der Waals surface area contributed by atoms with Crippen molar-refractivity contribution < 1.29 is 51.0 Å². The first kappa shape index (κ1) is 38.4. The molecular weight excluding hydrogens is 571 g/mol. The van der Waals surface area contributed by atoms with Crippen molar-refractivity contribution in [3.63, 3.8) is 0 Å². The van der Waals surface area contributed by atoms with Crippen LogP contribution < -0.4 is 24.8 Å². The molecular formula is C34H47Cl2Zr-3. The monoisotopic (exact) mass is 615 g/mol. The second-order valence-corrected chi connectivity index (χ2v) is 12.8. The van der Waals surface area contributed by atoms with Crippen LogP contribution in [0, 0.1) is 19.4 Å². The van der Waals surface area contributed by atoms with Crippen molar-refractivity contribution in [2.75, 3.05) is 0 Å². The van der Waals surface area contributed by atoms with Gasteiger partial charge in [-0.3, -0.25) is 0 Å². The van der Waals surface area contributed by atoms with E-state index in [0.717, 1.165) is 6.42 Å². The van der Waals surface area contributed by atoms with E-state index in [9.17, 15) is 0 Å². The van der Waals surface area contributed by atoms with Crippen LogP contribution in [0.25, 0.3) is 11.1 Å². The number of rotatable bonds is 0. The largest absolute Gasteiger partial charge is 2.00 e. The maximum absolute atomic E-state index is 3.53. The van der Waals surface area contributed by atoms with Gasteiger partial charge in [-0.05, 0) is 17.4 Å². The van der Waals surface area contributed by atoms with Gasteiger partial charge in [0.2, 0.25) is 0 Å². The minimum Gasteiger partial charge on any atom is -1.00 e. The third kappa shape index (κ3) is 10.7. The van der Waals surface area contributed by atoms with E-state index in [1.54, 1.807) is 0 Å². The van der Waals surface area contributed by atoms with Gasteiger partial charge in [-0.25, -0.2) is 6.07 Å². The molecule has 3 heteroatoms. The summed E-state index contributed by atoms with van der Waals surface area (Å²) in [7, 11) is 0. The molecule has 0 saturated carbocycles. The fourth-order valence-electron chi connectivity index (χ4n) is 4.01. The van der Waals surface area contributed by atoms with Crippen molar-refractivity contribution in [3.05, 3.63) is 94.4 Å². The smallest absolute Gasteiger partial charge is 1.00 e. The minimum absolute atomic E-state index is 0. The maximum Gasteiger partial charge on any atom is 2.00 e. The standard InChI is InChI=1S/C21H25.C10H15.C3H7.2ClH.Zr/c1-20(2,3)16-9-7-14-11-15-8-10-17(21(4,5)6)13-19(15)18(14)12-16;1-8-5-6-9(7-8)10(2,3)4;1-3-2;;;/h7,9-10,12-13H,11H2,1-6H3;5-7H,1-4H3;3H,1-2H3;2*1H;/q3*-1;;;+2/p-2. The Morgan fingerprint density at radius 1 is 0.730 bits per heavy atom. The Bertz CT molecular complexity index is 1020. The number of hydrogen-bond acceptors (Lipinski definition) is 0. The molecule has 0 radical (unpaired) electrons. The van der Waals surface area contributed by atoms with Crippen molar-refractivity contribution in [2.24, 2.45) is 0 Å². The Balaban J connectivity index is 0. The Morgan fingerprint density at radius 3 is 1.62 bits per heavy atom. The van der Waals surface area contributed by atoms with E-state index in [-0.39, 0.29) is 61.8 Å². The van der Waals surface area contributed by atoms with Crippen LogP contribution in [0.5, 0.6) is 0 Å². The van der Waals surface area contributed by atoms with Crippen LogP contribution in [-0.4, -0.2) is 0 Å². The normalized spacial score (nSPS) is 11.7. The first-order valence-corrected chi connectivity index (χ1v) is 12.7. The van der Waals surface area contributed by atoms with E-state index < -0.39 is 0 Å². The molecule has 1 aliphatic rings. The molecule has 0 fully saturated rings. The Kier molecular flexibility index (Phi) is 15.7. The average molecular weight is 618 g/mol. The van der Waals surface area contributed by atoms with E-state index in [1.807, 2.05) is 20.3 Å². The van der Waals surface area contributed by atoms with E-state index >= 15 is 0 Å². The number of benzene rings is 2. The van der Waals surface area contributed by atoms with Crippen LogP contribution in [0.2, 0.25) is 0 Å². The predicted octanol–water partition coefficient (Wildman–Crippen LogP) is 3.90. The fraction of sp³-hybridized carbons (Fsp3) is 0.471. The number of fused-ring (bicyclic) bond motifs is 3. The molecule has 3 aromatic rings. The van der Waals surface area contributed by atoms with E-state index in [1.165, 1.54) is 44.5 Å². The van der Waals surface area contributed by atoms with Crippen LogP contribution in [0.3, 0.4) is 0 Å². The molecule has 204 valence electrons. The molecule has 1 aliphatic carbocycles. The summed E-state index contributed by atoms with van der Waals surface area (Å²) in [6.45, 7) is 26.5. The van der Waals surface area contributed by atoms with Gasteiger partial charge in [0.05, 0.1) is 0 Å². The Morgan fingerprint density at radius 2 is 1.22 bits per heavy atom. The van der Waals surface area contributed by atoms with E-state index in [4.69, 9.17) is 0 Å². The van der Waals surface area contributed by atoms with Crippen LogP contribution in [0.1, 0.15) is 110 Å².